The molecule has 2 aliphatic rings. The van der Waals surface area contributed by atoms with Crippen LogP contribution < -0.4 is 20.8 Å². The number of hydrazine groups is 1. The Bertz CT molecular complexity index is 1370. The monoisotopic (exact) mass is 515 g/mol. The van der Waals surface area contributed by atoms with E-state index < -0.39 is 30.2 Å². The molecule has 3 aromatic rings. The molecule has 1 fully saturated rings. The standard InChI is InChI=1S/C25H24F3N5O4/c1-13-18(23-31-20-16(9-6-10-17(20)37-23)36-12-11-29-14(2)34)24(35)33-22(30-13)19(15-7-4-3-5-8-15)21(32-33)25(26,27)28/h3-10,19,21-22,30,32H,11-12H2,1-2H3,(H,29,34). The van der Waals surface area contributed by atoms with Crippen molar-refractivity contribution in [3.05, 3.63) is 65.7 Å². The van der Waals surface area contributed by atoms with Gasteiger partial charge in [-0.3, -0.25) is 9.59 Å². The largest absolute Gasteiger partial charge is 0.489 e. The Kier molecular flexibility index (Phi) is 6.28. The lowest BCUT2D eigenvalue weighted by Gasteiger charge is -2.34. The van der Waals surface area contributed by atoms with Crippen LogP contribution in [0.25, 0.3) is 16.7 Å². The molecule has 3 atom stereocenters. The molecule has 0 saturated carbocycles. The zero-order valence-corrected chi connectivity index (χ0v) is 19.9. The van der Waals surface area contributed by atoms with Crippen LogP contribution in [0, 0.1) is 0 Å². The number of carbonyl (C=O) groups excluding carboxylic acids is 2. The lowest BCUT2D eigenvalue weighted by molar-refractivity contribution is -0.161. The Morgan fingerprint density at radius 2 is 1.95 bits per heavy atom. The van der Waals surface area contributed by atoms with Crippen molar-refractivity contribution >= 4 is 28.5 Å². The lowest BCUT2D eigenvalue weighted by Crippen LogP contribution is -2.54. The summed E-state index contributed by atoms with van der Waals surface area (Å²) in [7, 11) is 0. The number of ether oxygens (including phenoxy) is 1. The molecule has 3 N–H and O–H groups in total. The van der Waals surface area contributed by atoms with Gasteiger partial charge < -0.3 is 19.8 Å². The number of nitrogens with zero attached hydrogens (tertiary/aromatic N) is 2. The molecular weight excluding hydrogens is 491 g/mol. The highest BCUT2D eigenvalue weighted by molar-refractivity contribution is 6.20. The van der Waals surface area contributed by atoms with Gasteiger partial charge in [0.15, 0.2) is 11.1 Å². The minimum absolute atomic E-state index is 0.0128. The number of aromatic nitrogens is 1. The molecule has 1 saturated heterocycles. The van der Waals surface area contributed by atoms with Crippen molar-refractivity contribution in [2.75, 3.05) is 13.2 Å². The Balaban J connectivity index is 1.47. The van der Waals surface area contributed by atoms with E-state index in [1.807, 2.05) is 0 Å². The van der Waals surface area contributed by atoms with E-state index >= 15 is 0 Å². The fraction of sp³-hybridized carbons (Fsp3) is 0.320. The van der Waals surface area contributed by atoms with E-state index in [2.05, 4.69) is 21.0 Å². The smallest absolute Gasteiger partial charge is 0.406 e. The summed E-state index contributed by atoms with van der Waals surface area (Å²) < 4.78 is 53.6. The molecular formula is C25H24F3N5O4. The molecule has 12 heteroatoms. The van der Waals surface area contributed by atoms with E-state index in [-0.39, 0.29) is 30.5 Å². The third-order valence-electron chi connectivity index (χ3n) is 6.29. The van der Waals surface area contributed by atoms with Crippen molar-refractivity contribution in [1.82, 2.24) is 26.1 Å². The zero-order valence-electron chi connectivity index (χ0n) is 19.9. The summed E-state index contributed by atoms with van der Waals surface area (Å²) in [5.41, 5.74) is 3.87. The van der Waals surface area contributed by atoms with Crippen molar-refractivity contribution in [3.63, 3.8) is 0 Å². The van der Waals surface area contributed by atoms with E-state index in [9.17, 15) is 22.8 Å². The third-order valence-corrected chi connectivity index (χ3v) is 6.29. The van der Waals surface area contributed by atoms with Gasteiger partial charge in [-0.25, -0.2) is 15.4 Å². The fourth-order valence-corrected chi connectivity index (χ4v) is 4.68. The number of allylic oxidation sites excluding steroid dienone is 1. The molecule has 9 nitrogen and oxygen atoms in total. The quantitative estimate of drug-likeness (QED) is 0.433. The second kappa shape index (κ2) is 9.43. The molecule has 2 aliphatic heterocycles. The highest BCUT2D eigenvalue weighted by atomic mass is 19.4. The highest BCUT2D eigenvalue weighted by Gasteiger charge is 2.58. The van der Waals surface area contributed by atoms with Gasteiger partial charge in [-0.2, -0.15) is 13.2 Å². The number of hydrogen-bond donors (Lipinski definition) is 3. The van der Waals surface area contributed by atoms with Gasteiger partial charge in [0.05, 0.1) is 12.5 Å². The van der Waals surface area contributed by atoms with Crippen LogP contribution in [0.2, 0.25) is 0 Å². The number of halogens is 3. The van der Waals surface area contributed by atoms with Gasteiger partial charge in [-0.15, -0.1) is 0 Å². The molecule has 1 aromatic heterocycles. The minimum atomic E-state index is -4.60. The maximum absolute atomic E-state index is 14.0. The normalized spacial score (nSPS) is 21.7. The maximum Gasteiger partial charge on any atom is 0.406 e. The number of hydrogen-bond acceptors (Lipinski definition) is 7. The molecule has 0 aliphatic carbocycles. The first-order chi connectivity index (χ1) is 17.6. The molecule has 0 bridgehead atoms. The minimum Gasteiger partial charge on any atom is -0.489 e. The number of rotatable bonds is 6. The molecule has 37 heavy (non-hydrogen) atoms. The summed E-state index contributed by atoms with van der Waals surface area (Å²) in [5.74, 6) is -1.62. The molecule has 2 amide bonds. The summed E-state index contributed by atoms with van der Waals surface area (Å²) in [6.45, 7) is 3.47. The molecule has 0 spiro atoms. The number of amides is 2. The first kappa shape index (κ1) is 24.6. The first-order valence-corrected chi connectivity index (χ1v) is 11.6. The molecule has 3 unspecified atom stereocenters. The van der Waals surface area contributed by atoms with Crippen molar-refractivity contribution in [3.8, 4) is 5.75 Å². The lowest BCUT2D eigenvalue weighted by atomic mass is 9.89. The number of carbonyl (C=O) groups is 2. The summed E-state index contributed by atoms with van der Waals surface area (Å²) in [6.07, 6.45) is -5.57. The van der Waals surface area contributed by atoms with E-state index in [1.165, 1.54) is 6.92 Å². The molecule has 194 valence electrons. The van der Waals surface area contributed by atoms with Gasteiger partial charge in [0, 0.05) is 12.6 Å². The van der Waals surface area contributed by atoms with E-state index in [4.69, 9.17) is 9.15 Å². The summed E-state index contributed by atoms with van der Waals surface area (Å²) >= 11 is 0. The van der Waals surface area contributed by atoms with Crippen LogP contribution in [-0.4, -0.2) is 53.3 Å². The zero-order chi connectivity index (χ0) is 26.3. The van der Waals surface area contributed by atoms with Gasteiger partial charge in [-0.05, 0) is 24.6 Å². The van der Waals surface area contributed by atoms with Crippen molar-refractivity contribution < 1.29 is 31.9 Å². The van der Waals surface area contributed by atoms with Crippen LogP contribution in [0.5, 0.6) is 5.75 Å². The average molecular weight is 515 g/mol. The van der Waals surface area contributed by atoms with Crippen LogP contribution >= 0.6 is 0 Å². The SMILES string of the molecule is CC(=O)NCCOc1cccc2oc(C3=C(C)NC4C(c5ccccc5)C(C(F)(F)F)NN4C3=O)nc12. The predicted molar refractivity (Wildman–Crippen MR) is 127 cm³/mol. The Morgan fingerprint density at radius 1 is 1.19 bits per heavy atom. The summed E-state index contributed by atoms with van der Waals surface area (Å²) in [4.78, 5) is 29.0. The van der Waals surface area contributed by atoms with Gasteiger partial charge in [0.1, 0.15) is 30.1 Å². The van der Waals surface area contributed by atoms with Crippen molar-refractivity contribution in [2.24, 2.45) is 0 Å². The van der Waals surface area contributed by atoms with E-state index in [1.54, 1.807) is 55.5 Å². The Hall–Kier alpha value is -4.06. The molecule has 5 rings (SSSR count). The first-order valence-electron chi connectivity index (χ1n) is 11.6. The maximum atomic E-state index is 14.0. The molecule has 3 heterocycles. The number of benzene rings is 2. The van der Waals surface area contributed by atoms with Gasteiger partial charge >= 0.3 is 6.18 Å². The number of para-hydroxylation sites is 1. The summed E-state index contributed by atoms with van der Waals surface area (Å²) in [5, 5.41) is 6.66. The van der Waals surface area contributed by atoms with Crippen LogP contribution in [0.3, 0.4) is 0 Å². The number of oxazole rings is 1. The van der Waals surface area contributed by atoms with Gasteiger partial charge in [0.25, 0.3) is 5.91 Å². The van der Waals surface area contributed by atoms with Gasteiger partial charge in [-0.1, -0.05) is 36.4 Å². The van der Waals surface area contributed by atoms with Crippen LogP contribution in [0.4, 0.5) is 13.2 Å². The van der Waals surface area contributed by atoms with Crippen molar-refractivity contribution in [1.29, 1.82) is 0 Å². The van der Waals surface area contributed by atoms with Crippen molar-refractivity contribution in [2.45, 2.75) is 38.1 Å². The van der Waals surface area contributed by atoms with E-state index in [0.29, 0.717) is 28.1 Å². The topological polar surface area (TPSA) is 109 Å². The fourth-order valence-electron chi connectivity index (χ4n) is 4.68. The third kappa shape index (κ3) is 4.59. The predicted octanol–water partition coefficient (Wildman–Crippen LogP) is 3.06. The molecule has 2 aromatic carbocycles. The second-order valence-electron chi connectivity index (χ2n) is 8.80. The Morgan fingerprint density at radius 3 is 2.65 bits per heavy atom. The number of alkyl halides is 3. The second-order valence-corrected chi connectivity index (χ2v) is 8.80. The number of fused-ring (bicyclic) bond motifs is 2. The average Bonchev–Trinajstić information content (AvgIpc) is 3.44. The van der Waals surface area contributed by atoms with Crippen LogP contribution in [0.15, 0.2) is 58.6 Å². The number of nitrogens with one attached hydrogen (secondary N) is 3. The van der Waals surface area contributed by atoms with Crippen LogP contribution in [-0.2, 0) is 9.59 Å². The van der Waals surface area contributed by atoms with E-state index in [0.717, 1.165) is 5.01 Å². The van der Waals surface area contributed by atoms with Crippen LogP contribution in [0.1, 0.15) is 31.2 Å². The van der Waals surface area contributed by atoms with Gasteiger partial charge in [0.2, 0.25) is 11.8 Å². The summed E-state index contributed by atoms with van der Waals surface area (Å²) in [6, 6.07) is 11.3. The highest BCUT2D eigenvalue weighted by Crippen LogP contribution is 2.42. The Labute approximate surface area is 209 Å². The molecule has 0 radical (unpaired) electrons.